The molecule has 4 nitrogen and oxygen atoms in total. The fraction of sp³-hybridized carbons (Fsp3) is 0.556. The van der Waals surface area contributed by atoms with Crippen LogP contribution in [0.4, 0.5) is 0 Å². The Morgan fingerprint density at radius 3 is 2.46 bits per heavy atom. The first-order valence-corrected chi connectivity index (χ1v) is 4.13. The van der Waals surface area contributed by atoms with E-state index in [0.717, 1.165) is 18.9 Å². The lowest BCUT2D eigenvalue weighted by atomic mass is 10.1. The van der Waals surface area contributed by atoms with Crippen molar-refractivity contribution in [2.75, 3.05) is 7.11 Å². The topological polar surface area (TPSA) is 63.6 Å². The van der Waals surface area contributed by atoms with Gasteiger partial charge in [0.25, 0.3) is 0 Å². The third-order valence-corrected chi connectivity index (χ3v) is 1.54. The molecule has 0 unspecified atom stereocenters. The number of rotatable bonds is 5. The summed E-state index contributed by atoms with van der Waals surface area (Å²) in [4.78, 5) is 21.3. The van der Waals surface area contributed by atoms with Gasteiger partial charge in [0, 0.05) is 11.6 Å². The second-order valence-electron chi connectivity index (χ2n) is 2.60. The fourth-order valence-electron chi connectivity index (χ4n) is 0.881. The zero-order valence-corrected chi connectivity index (χ0v) is 7.87. The summed E-state index contributed by atoms with van der Waals surface area (Å²) >= 11 is 0. The Balaban J connectivity index is 4.36. The molecule has 0 saturated heterocycles. The van der Waals surface area contributed by atoms with Crippen molar-refractivity contribution in [2.45, 2.75) is 26.2 Å². The minimum atomic E-state index is -1.11. The van der Waals surface area contributed by atoms with Crippen LogP contribution < -0.4 is 0 Å². The third-order valence-electron chi connectivity index (χ3n) is 1.54. The first-order chi connectivity index (χ1) is 6.11. The number of esters is 1. The van der Waals surface area contributed by atoms with Crippen LogP contribution in [0.25, 0.3) is 0 Å². The van der Waals surface area contributed by atoms with Gasteiger partial charge in [-0.1, -0.05) is 13.3 Å². The molecule has 0 aromatic heterocycles. The Hall–Kier alpha value is -1.32. The quantitative estimate of drug-likeness (QED) is 0.520. The minimum absolute atomic E-state index is 0.219. The van der Waals surface area contributed by atoms with E-state index in [1.54, 1.807) is 0 Å². The van der Waals surface area contributed by atoms with Crippen molar-refractivity contribution in [3.8, 4) is 0 Å². The molecule has 0 heterocycles. The summed E-state index contributed by atoms with van der Waals surface area (Å²) in [5, 5.41) is 8.44. The molecule has 1 N–H and O–H groups in total. The van der Waals surface area contributed by atoms with Gasteiger partial charge in [-0.15, -0.1) is 0 Å². The standard InChI is InChI=1S/C9H14O4/c1-3-4-5-7(6-8(10)11)9(12)13-2/h6H,3-5H2,1-2H3,(H,10,11)/b7-6-. The van der Waals surface area contributed by atoms with Crippen LogP contribution in [-0.4, -0.2) is 24.2 Å². The Morgan fingerprint density at radius 2 is 2.08 bits per heavy atom. The fourth-order valence-corrected chi connectivity index (χ4v) is 0.881. The van der Waals surface area contributed by atoms with Gasteiger partial charge >= 0.3 is 11.9 Å². The van der Waals surface area contributed by atoms with Gasteiger partial charge in [0.05, 0.1) is 7.11 Å². The first kappa shape index (κ1) is 11.7. The Morgan fingerprint density at radius 1 is 1.46 bits per heavy atom. The lowest BCUT2D eigenvalue weighted by Crippen LogP contribution is -2.07. The van der Waals surface area contributed by atoms with Crippen molar-refractivity contribution < 1.29 is 19.4 Å². The van der Waals surface area contributed by atoms with Crippen LogP contribution in [-0.2, 0) is 14.3 Å². The maximum atomic E-state index is 11.0. The lowest BCUT2D eigenvalue weighted by Gasteiger charge is -2.02. The minimum Gasteiger partial charge on any atom is -0.478 e. The van der Waals surface area contributed by atoms with E-state index < -0.39 is 11.9 Å². The van der Waals surface area contributed by atoms with Crippen molar-refractivity contribution in [3.05, 3.63) is 11.6 Å². The molecule has 74 valence electrons. The number of hydrogen-bond donors (Lipinski definition) is 1. The van der Waals surface area contributed by atoms with E-state index in [9.17, 15) is 9.59 Å². The lowest BCUT2D eigenvalue weighted by molar-refractivity contribution is -0.137. The van der Waals surface area contributed by atoms with E-state index in [-0.39, 0.29) is 5.57 Å². The van der Waals surface area contributed by atoms with Gasteiger partial charge in [-0.25, -0.2) is 9.59 Å². The van der Waals surface area contributed by atoms with E-state index in [2.05, 4.69) is 4.74 Å². The smallest absolute Gasteiger partial charge is 0.333 e. The van der Waals surface area contributed by atoms with Gasteiger partial charge in [-0.05, 0) is 12.8 Å². The molecule has 0 spiro atoms. The zero-order chi connectivity index (χ0) is 10.3. The molecule has 0 aliphatic rings. The number of unbranched alkanes of at least 4 members (excludes halogenated alkanes) is 1. The van der Waals surface area contributed by atoms with E-state index in [4.69, 9.17) is 5.11 Å². The predicted molar refractivity (Wildman–Crippen MR) is 47.3 cm³/mol. The summed E-state index contributed by atoms with van der Waals surface area (Å²) in [6.45, 7) is 1.97. The Labute approximate surface area is 77.2 Å². The number of carboxylic acids is 1. The van der Waals surface area contributed by atoms with Crippen molar-refractivity contribution in [2.24, 2.45) is 0 Å². The third kappa shape index (κ3) is 5.00. The van der Waals surface area contributed by atoms with Crippen LogP contribution in [0, 0.1) is 0 Å². The molecule has 4 heteroatoms. The zero-order valence-electron chi connectivity index (χ0n) is 7.87. The molecular formula is C9H14O4. The highest BCUT2D eigenvalue weighted by molar-refractivity contribution is 5.95. The monoisotopic (exact) mass is 186 g/mol. The number of methoxy groups -OCH3 is 1. The van der Waals surface area contributed by atoms with Gasteiger partial charge < -0.3 is 9.84 Å². The molecule has 0 aliphatic heterocycles. The normalized spacial score (nSPS) is 11.1. The average molecular weight is 186 g/mol. The molecule has 0 amide bonds. The van der Waals surface area contributed by atoms with Crippen molar-refractivity contribution in [3.63, 3.8) is 0 Å². The molecule has 0 saturated carbocycles. The van der Waals surface area contributed by atoms with Crippen LogP contribution in [0.15, 0.2) is 11.6 Å². The number of carbonyl (C=O) groups is 2. The van der Waals surface area contributed by atoms with Gasteiger partial charge in [0.2, 0.25) is 0 Å². The van der Waals surface area contributed by atoms with Gasteiger partial charge in [0.1, 0.15) is 0 Å². The second-order valence-corrected chi connectivity index (χ2v) is 2.60. The highest BCUT2D eigenvalue weighted by atomic mass is 16.5. The van der Waals surface area contributed by atoms with Crippen LogP contribution >= 0.6 is 0 Å². The number of aliphatic carboxylic acids is 1. The largest absolute Gasteiger partial charge is 0.478 e. The van der Waals surface area contributed by atoms with E-state index in [0.29, 0.717) is 6.42 Å². The number of carboxylic acid groups (broad SMARTS) is 1. The van der Waals surface area contributed by atoms with E-state index in [1.165, 1.54) is 7.11 Å². The van der Waals surface area contributed by atoms with Gasteiger partial charge in [-0.2, -0.15) is 0 Å². The van der Waals surface area contributed by atoms with Crippen molar-refractivity contribution in [1.29, 1.82) is 0 Å². The van der Waals surface area contributed by atoms with Crippen LogP contribution in [0.2, 0.25) is 0 Å². The summed E-state index contributed by atoms with van der Waals surface area (Å²) in [6, 6.07) is 0. The van der Waals surface area contributed by atoms with Crippen LogP contribution in [0.1, 0.15) is 26.2 Å². The van der Waals surface area contributed by atoms with E-state index in [1.807, 2.05) is 6.92 Å². The summed E-state index contributed by atoms with van der Waals surface area (Å²) in [7, 11) is 1.24. The number of hydrogen-bond acceptors (Lipinski definition) is 3. The maximum Gasteiger partial charge on any atom is 0.333 e. The summed E-state index contributed by atoms with van der Waals surface area (Å²) in [5.74, 6) is -1.67. The van der Waals surface area contributed by atoms with Crippen molar-refractivity contribution in [1.82, 2.24) is 0 Å². The predicted octanol–water partition coefficient (Wildman–Crippen LogP) is 1.36. The van der Waals surface area contributed by atoms with Crippen LogP contribution in [0.3, 0.4) is 0 Å². The maximum absolute atomic E-state index is 11.0. The Kier molecular flexibility index (Phi) is 5.59. The van der Waals surface area contributed by atoms with Gasteiger partial charge in [-0.3, -0.25) is 0 Å². The summed E-state index contributed by atoms with van der Waals surface area (Å²) in [5.41, 5.74) is 0.219. The van der Waals surface area contributed by atoms with Gasteiger partial charge in [0.15, 0.2) is 0 Å². The molecule has 0 fully saturated rings. The Bertz CT molecular complexity index is 218. The molecule has 0 aromatic rings. The number of carbonyl (C=O) groups excluding carboxylic acids is 1. The average Bonchev–Trinajstić information content (AvgIpc) is 2.10. The SMILES string of the molecule is CCCC/C(=C/C(=O)O)C(=O)OC. The first-order valence-electron chi connectivity index (χ1n) is 4.13. The highest BCUT2D eigenvalue weighted by Gasteiger charge is 2.10. The van der Waals surface area contributed by atoms with E-state index >= 15 is 0 Å². The summed E-state index contributed by atoms with van der Waals surface area (Å²) < 4.78 is 4.44. The summed E-state index contributed by atoms with van der Waals surface area (Å²) in [6.07, 6.45) is 3.05. The second kappa shape index (κ2) is 6.22. The van der Waals surface area contributed by atoms with Crippen molar-refractivity contribution >= 4 is 11.9 Å². The molecule has 0 aromatic carbocycles. The number of ether oxygens (including phenoxy) is 1. The molecule has 0 bridgehead atoms. The molecule has 0 atom stereocenters. The van der Waals surface area contributed by atoms with Crippen LogP contribution in [0.5, 0.6) is 0 Å². The highest BCUT2D eigenvalue weighted by Crippen LogP contribution is 2.08. The molecule has 0 radical (unpaired) electrons. The molecule has 0 aliphatic carbocycles. The molecule has 13 heavy (non-hydrogen) atoms. The molecular weight excluding hydrogens is 172 g/mol. The molecule has 0 rings (SSSR count).